The van der Waals surface area contributed by atoms with Gasteiger partial charge >= 0.3 is 5.97 Å². The van der Waals surface area contributed by atoms with Gasteiger partial charge in [-0.2, -0.15) is 0 Å². The fourth-order valence-corrected chi connectivity index (χ4v) is 0.708. The average molecular weight is 173 g/mol. The molecule has 0 radical (unpaired) electrons. The zero-order valence-electron chi connectivity index (χ0n) is 8.22. The Hall–Kier alpha value is -0.570. The summed E-state index contributed by atoms with van der Waals surface area (Å²) in [6, 6.07) is 0. The first-order valence-corrected chi connectivity index (χ1v) is 4.47. The molecule has 0 saturated carbocycles. The lowest BCUT2D eigenvalue weighted by Gasteiger charge is -2.05. The quantitative estimate of drug-likeness (QED) is 0.613. The van der Waals surface area contributed by atoms with Gasteiger partial charge in [-0.1, -0.05) is 13.8 Å². The van der Waals surface area contributed by atoms with Gasteiger partial charge in [0.25, 0.3) is 0 Å². The summed E-state index contributed by atoms with van der Waals surface area (Å²) in [6.07, 6.45) is 1.42. The van der Waals surface area contributed by atoms with Crippen molar-refractivity contribution < 1.29 is 9.53 Å². The van der Waals surface area contributed by atoms with Crippen LogP contribution in [-0.4, -0.2) is 26.2 Å². The van der Waals surface area contributed by atoms with Crippen LogP contribution in [0.3, 0.4) is 0 Å². The van der Waals surface area contributed by atoms with Gasteiger partial charge in [0.15, 0.2) is 0 Å². The number of rotatable bonds is 6. The Morgan fingerprint density at radius 2 is 2.17 bits per heavy atom. The zero-order chi connectivity index (χ0) is 9.40. The summed E-state index contributed by atoms with van der Waals surface area (Å²) in [5.41, 5.74) is 0. The first-order chi connectivity index (χ1) is 5.66. The number of esters is 1. The van der Waals surface area contributed by atoms with Gasteiger partial charge in [-0.3, -0.25) is 4.79 Å². The van der Waals surface area contributed by atoms with Gasteiger partial charge in [-0.05, 0) is 19.4 Å². The molecule has 0 aliphatic heterocycles. The second-order valence-electron chi connectivity index (χ2n) is 3.26. The Kier molecular flexibility index (Phi) is 6.76. The van der Waals surface area contributed by atoms with Gasteiger partial charge in [0.2, 0.25) is 0 Å². The highest BCUT2D eigenvalue weighted by atomic mass is 16.5. The topological polar surface area (TPSA) is 38.3 Å². The van der Waals surface area contributed by atoms with Gasteiger partial charge in [0.05, 0.1) is 13.0 Å². The van der Waals surface area contributed by atoms with E-state index in [4.69, 9.17) is 4.74 Å². The van der Waals surface area contributed by atoms with Crippen LogP contribution >= 0.6 is 0 Å². The molecule has 0 atom stereocenters. The largest absolute Gasteiger partial charge is 0.466 e. The van der Waals surface area contributed by atoms with Crippen LogP contribution in [0.5, 0.6) is 0 Å². The van der Waals surface area contributed by atoms with E-state index < -0.39 is 0 Å². The third kappa shape index (κ3) is 7.54. The molecule has 0 aliphatic rings. The van der Waals surface area contributed by atoms with Crippen LogP contribution in [0, 0.1) is 5.92 Å². The van der Waals surface area contributed by atoms with Crippen LogP contribution in [0.15, 0.2) is 0 Å². The zero-order valence-corrected chi connectivity index (χ0v) is 8.22. The van der Waals surface area contributed by atoms with Crippen molar-refractivity contribution in [3.63, 3.8) is 0 Å². The van der Waals surface area contributed by atoms with E-state index >= 15 is 0 Å². The molecule has 0 unspecified atom stereocenters. The molecule has 0 bridgehead atoms. The van der Waals surface area contributed by atoms with Crippen molar-refractivity contribution in [1.82, 2.24) is 5.32 Å². The maximum atomic E-state index is 10.9. The standard InChI is InChI=1S/C9H19NO2/c1-8(2)5-7-12-9(11)4-6-10-3/h8,10H,4-7H2,1-3H3. The van der Waals surface area contributed by atoms with Crippen LogP contribution in [0.1, 0.15) is 26.7 Å². The first kappa shape index (κ1) is 11.4. The van der Waals surface area contributed by atoms with Crippen molar-refractivity contribution in [2.75, 3.05) is 20.2 Å². The molecule has 0 rings (SSSR count). The molecule has 0 aromatic rings. The Labute approximate surface area is 74.5 Å². The SMILES string of the molecule is CNCCC(=O)OCCC(C)C. The number of hydrogen-bond acceptors (Lipinski definition) is 3. The van der Waals surface area contributed by atoms with Crippen molar-refractivity contribution in [1.29, 1.82) is 0 Å². The molecular weight excluding hydrogens is 154 g/mol. The highest BCUT2D eigenvalue weighted by Crippen LogP contribution is 1.99. The molecule has 0 amide bonds. The monoisotopic (exact) mass is 173 g/mol. The highest BCUT2D eigenvalue weighted by Gasteiger charge is 2.01. The third-order valence-electron chi connectivity index (χ3n) is 1.54. The van der Waals surface area contributed by atoms with E-state index in [1.165, 1.54) is 0 Å². The molecule has 3 heteroatoms. The predicted molar refractivity (Wildman–Crippen MR) is 49.0 cm³/mol. The van der Waals surface area contributed by atoms with Gasteiger partial charge in [-0.25, -0.2) is 0 Å². The van der Waals surface area contributed by atoms with Crippen LogP contribution < -0.4 is 5.32 Å². The van der Waals surface area contributed by atoms with Crippen LogP contribution in [-0.2, 0) is 9.53 Å². The molecule has 0 saturated heterocycles. The van der Waals surface area contributed by atoms with Crippen molar-refractivity contribution in [2.24, 2.45) is 5.92 Å². The number of carbonyl (C=O) groups is 1. The molecule has 12 heavy (non-hydrogen) atoms. The van der Waals surface area contributed by atoms with Crippen LogP contribution in [0.4, 0.5) is 0 Å². The number of carbonyl (C=O) groups excluding carboxylic acids is 1. The molecule has 0 fully saturated rings. The summed E-state index contributed by atoms with van der Waals surface area (Å²) in [4.78, 5) is 10.9. The normalized spacial score (nSPS) is 10.3. The summed E-state index contributed by atoms with van der Waals surface area (Å²) in [6.45, 7) is 5.48. The lowest BCUT2D eigenvalue weighted by atomic mass is 10.1. The molecule has 3 nitrogen and oxygen atoms in total. The Bertz CT molecular complexity index is 124. The number of hydrogen-bond donors (Lipinski definition) is 1. The maximum Gasteiger partial charge on any atom is 0.307 e. The molecule has 0 heterocycles. The average Bonchev–Trinajstić information content (AvgIpc) is 2.00. The van der Waals surface area contributed by atoms with E-state index in [0.29, 0.717) is 25.5 Å². The third-order valence-corrected chi connectivity index (χ3v) is 1.54. The number of nitrogens with one attached hydrogen (secondary N) is 1. The van der Waals surface area contributed by atoms with Crippen molar-refractivity contribution in [3.8, 4) is 0 Å². The first-order valence-electron chi connectivity index (χ1n) is 4.47. The summed E-state index contributed by atoms with van der Waals surface area (Å²) in [7, 11) is 1.82. The smallest absolute Gasteiger partial charge is 0.307 e. The van der Waals surface area contributed by atoms with Gasteiger partial charge in [-0.15, -0.1) is 0 Å². The molecule has 0 aromatic carbocycles. The molecular formula is C9H19NO2. The second-order valence-corrected chi connectivity index (χ2v) is 3.26. The van der Waals surface area contributed by atoms with Crippen molar-refractivity contribution in [3.05, 3.63) is 0 Å². The van der Waals surface area contributed by atoms with Crippen LogP contribution in [0.2, 0.25) is 0 Å². The fraction of sp³-hybridized carbons (Fsp3) is 0.889. The van der Waals surface area contributed by atoms with E-state index in [1.807, 2.05) is 7.05 Å². The second kappa shape index (κ2) is 7.10. The van der Waals surface area contributed by atoms with E-state index in [1.54, 1.807) is 0 Å². The number of ether oxygens (including phenoxy) is 1. The van der Waals surface area contributed by atoms with E-state index in [9.17, 15) is 4.79 Å². The van der Waals surface area contributed by atoms with Crippen molar-refractivity contribution in [2.45, 2.75) is 26.7 Å². The molecule has 0 aliphatic carbocycles. The Morgan fingerprint density at radius 1 is 1.50 bits per heavy atom. The fourth-order valence-electron chi connectivity index (χ4n) is 0.708. The predicted octanol–water partition coefficient (Wildman–Crippen LogP) is 1.19. The van der Waals surface area contributed by atoms with E-state index in [0.717, 1.165) is 6.42 Å². The Balaban J connectivity index is 3.20. The molecule has 72 valence electrons. The summed E-state index contributed by atoms with van der Waals surface area (Å²) >= 11 is 0. The van der Waals surface area contributed by atoms with Gasteiger partial charge < -0.3 is 10.1 Å². The minimum Gasteiger partial charge on any atom is -0.466 e. The highest BCUT2D eigenvalue weighted by molar-refractivity contribution is 5.69. The molecule has 0 spiro atoms. The van der Waals surface area contributed by atoms with E-state index in [-0.39, 0.29) is 5.97 Å². The maximum absolute atomic E-state index is 10.9. The van der Waals surface area contributed by atoms with Gasteiger partial charge in [0.1, 0.15) is 0 Å². The van der Waals surface area contributed by atoms with E-state index in [2.05, 4.69) is 19.2 Å². The summed E-state index contributed by atoms with van der Waals surface area (Å²) < 4.78 is 4.98. The lowest BCUT2D eigenvalue weighted by Crippen LogP contribution is -2.15. The lowest BCUT2D eigenvalue weighted by molar-refractivity contribution is -0.143. The minimum absolute atomic E-state index is 0.106. The summed E-state index contributed by atoms with van der Waals surface area (Å²) in [5.74, 6) is 0.493. The van der Waals surface area contributed by atoms with Gasteiger partial charge in [0, 0.05) is 6.54 Å². The summed E-state index contributed by atoms with van der Waals surface area (Å²) in [5, 5.41) is 2.90. The molecule has 0 aromatic heterocycles. The van der Waals surface area contributed by atoms with Crippen LogP contribution in [0.25, 0.3) is 0 Å². The Morgan fingerprint density at radius 3 is 2.67 bits per heavy atom. The minimum atomic E-state index is -0.106. The molecule has 1 N–H and O–H groups in total. The van der Waals surface area contributed by atoms with Crippen molar-refractivity contribution >= 4 is 5.97 Å².